The van der Waals surface area contributed by atoms with Crippen molar-refractivity contribution in [1.29, 1.82) is 0 Å². The molecule has 0 aliphatic heterocycles. The highest BCUT2D eigenvalue weighted by atomic mass is 16.5. The summed E-state index contributed by atoms with van der Waals surface area (Å²) in [6.45, 7) is 11.2. The van der Waals surface area contributed by atoms with E-state index in [1.54, 1.807) is 0 Å². The number of allylic oxidation sites excluding steroid dienone is 3. The zero-order chi connectivity index (χ0) is 26.2. The molecule has 7 nitrogen and oxygen atoms in total. The monoisotopic (exact) mass is 492 g/mol. The van der Waals surface area contributed by atoms with E-state index in [4.69, 9.17) is 10.5 Å². The first-order valence-electron chi connectivity index (χ1n) is 13.4. The minimum Gasteiger partial charge on any atom is -0.461 e. The molecule has 0 saturated carbocycles. The smallest absolute Gasteiger partial charge is 0.311 e. The molecule has 7 heteroatoms. The van der Waals surface area contributed by atoms with Crippen molar-refractivity contribution < 1.29 is 24.5 Å². The van der Waals surface area contributed by atoms with Gasteiger partial charge in [-0.25, -0.2) is 0 Å². The Morgan fingerprint density at radius 2 is 1.97 bits per heavy atom. The lowest BCUT2D eigenvalue weighted by Gasteiger charge is -2.44. The summed E-state index contributed by atoms with van der Waals surface area (Å²) >= 11 is 0. The lowest BCUT2D eigenvalue weighted by Crippen LogP contribution is -2.43. The molecular weight excluding hydrogens is 444 g/mol. The molecule has 7 atom stereocenters. The van der Waals surface area contributed by atoms with E-state index >= 15 is 0 Å². The van der Waals surface area contributed by atoms with Crippen molar-refractivity contribution in [3.05, 3.63) is 23.8 Å². The summed E-state index contributed by atoms with van der Waals surface area (Å²) in [5.74, 6) is 0.582. The van der Waals surface area contributed by atoms with Crippen molar-refractivity contribution in [1.82, 2.24) is 5.32 Å². The van der Waals surface area contributed by atoms with Crippen molar-refractivity contribution in [2.45, 2.75) is 97.9 Å². The number of aliphatic hydroxyl groups is 2. The highest BCUT2D eigenvalue weighted by Gasteiger charge is 2.42. The first-order chi connectivity index (χ1) is 16.5. The van der Waals surface area contributed by atoms with E-state index in [9.17, 15) is 19.8 Å². The summed E-state index contributed by atoms with van der Waals surface area (Å²) in [7, 11) is 0. The van der Waals surface area contributed by atoms with Gasteiger partial charge >= 0.3 is 5.97 Å². The van der Waals surface area contributed by atoms with Crippen LogP contribution in [0.4, 0.5) is 0 Å². The summed E-state index contributed by atoms with van der Waals surface area (Å²) in [6, 6.07) is 0. The Morgan fingerprint density at radius 3 is 2.63 bits per heavy atom. The predicted molar refractivity (Wildman–Crippen MR) is 138 cm³/mol. The topological polar surface area (TPSA) is 122 Å². The molecule has 200 valence electrons. The summed E-state index contributed by atoms with van der Waals surface area (Å²) in [5.41, 5.74) is 6.14. The number of esters is 1. The predicted octanol–water partition coefficient (Wildman–Crippen LogP) is 3.49. The quantitative estimate of drug-likeness (QED) is 0.231. The third-order valence-corrected chi connectivity index (χ3v) is 7.79. The second kappa shape index (κ2) is 13.6. The minimum atomic E-state index is -0.887. The molecule has 0 unspecified atom stereocenters. The van der Waals surface area contributed by atoms with Gasteiger partial charge in [-0.05, 0) is 82.2 Å². The second-order valence-corrected chi connectivity index (χ2v) is 11.3. The number of aliphatic hydroxyl groups excluding tert-OH is 2. The van der Waals surface area contributed by atoms with Gasteiger partial charge in [-0.3, -0.25) is 9.59 Å². The summed E-state index contributed by atoms with van der Waals surface area (Å²) in [4.78, 5) is 24.8. The van der Waals surface area contributed by atoms with Crippen molar-refractivity contribution in [2.24, 2.45) is 34.8 Å². The molecule has 0 aromatic carbocycles. The van der Waals surface area contributed by atoms with E-state index in [1.165, 1.54) is 5.57 Å². The number of fused-ring (bicyclic) bond motifs is 1. The molecule has 0 fully saturated rings. The summed E-state index contributed by atoms with van der Waals surface area (Å²) in [5, 5.41) is 23.6. The Morgan fingerprint density at radius 1 is 1.26 bits per heavy atom. The van der Waals surface area contributed by atoms with Gasteiger partial charge in [0.25, 0.3) is 0 Å². The van der Waals surface area contributed by atoms with E-state index in [0.29, 0.717) is 31.8 Å². The second-order valence-electron chi connectivity index (χ2n) is 11.3. The molecule has 2 aliphatic carbocycles. The van der Waals surface area contributed by atoms with Gasteiger partial charge in [0.1, 0.15) is 6.10 Å². The van der Waals surface area contributed by atoms with Crippen LogP contribution in [0.15, 0.2) is 23.8 Å². The van der Waals surface area contributed by atoms with E-state index in [2.05, 4.69) is 37.4 Å². The van der Waals surface area contributed by atoms with Gasteiger partial charge in [0.05, 0.1) is 24.0 Å². The Kier molecular flexibility index (Phi) is 11.4. The third-order valence-electron chi connectivity index (χ3n) is 7.79. The average molecular weight is 493 g/mol. The number of amides is 1. The molecule has 5 N–H and O–H groups in total. The van der Waals surface area contributed by atoms with E-state index in [1.807, 2.05) is 20.8 Å². The summed E-state index contributed by atoms with van der Waals surface area (Å²) < 4.78 is 6.15. The van der Waals surface area contributed by atoms with Gasteiger partial charge in [-0.2, -0.15) is 0 Å². The fourth-order valence-electron chi connectivity index (χ4n) is 5.18. The van der Waals surface area contributed by atoms with Crippen molar-refractivity contribution >= 4 is 11.9 Å². The van der Waals surface area contributed by atoms with Crippen LogP contribution in [0.5, 0.6) is 0 Å². The number of ether oxygens (including phenoxy) is 1. The fraction of sp³-hybridized carbons (Fsp3) is 0.786. The Bertz CT molecular complexity index is 762. The zero-order valence-corrected chi connectivity index (χ0v) is 22.3. The number of hydrogen-bond donors (Lipinski definition) is 4. The first-order valence-corrected chi connectivity index (χ1v) is 13.4. The van der Waals surface area contributed by atoms with Crippen LogP contribution in [0, 0.1) is 29.1 Å². The average Bonchev–Trinajstić information content (AvgIpc) is 2.78. The number of hydrogen-bond acceptors (Lipinski definition) is 6. The number of nitrogens with one attached hydrogen (secondary N) is 1. The van der Waals surface area contributed by atoms with Gasteiger partial charge in [0.2, 0.25) is 5.91 Å². The number of nitrogens with two attached hydrogens (primary N) is 1. The zero-order valence-electron chi connectivity index (χ0n) is 22.3. The Hall–Kier alpha value is -1.70. The number of carbonyl (C=O) groups excluding carboxylic acids is 2. The van der Waals surface area contributed by atoms with Crippen molar-refractivity contribution in [3.8, 4) is 0 Å². The fourth-order valence-corrected chi connectivity index (χ4v) is 5.18. The van der Waals surface area contributed by atoms with Crippen LogP contribution < -0.4 is 11.1 Å². The SMILES string of the molecule is CCC(C)(C)C(=O)O[C@H]1C[C@@H](C)C=C2C=C[C@H](C)[C@H](CC[C@@H](O)C[C@@H](O)CC(=O)NCCCN)[C@H]21. The molecular formula is C28H48N2O5. The molecule has 0 radical (unpaired) electrons. The van der Waals surface area contributed by atoms with Crippen LogP contribution in [0.25, 0.3) is 0 Å². The third kappa shape index (κ3) is 8.72. The number of rotatable bonds is 13. The maximum atomic E-state index is 12.9. The Balaban J connectivity index is 2.00. The van der Waals surface area contributed by atoms with Gasteiger partial charge < -0.3 is 26.0 Å². The maximum Gasteiger partial charge on any atom is 0.311 e. The van der Waals surface area contributed by atoms with Crippen LogP contribution in [0.2, 0.25) is 0 Å². The molecule has 2 aliphatic rings. The normalized spacial score (nSPS) is 28.0. The van der Waals surface area contributed by atoms with E-state index < -0.39 is 17.6 Å². The lowest BCUT2D eigenvalue weighted by molar-refractivity contribution is -0.164. The minimum absolute atomic E-state index is 0.0250. The molecule has 2 rings (SSSR count). The molecule has 1 amide bonds. The molecule has 35 heavy (non-hydrogen) atoms. The van der Waals surface area contributed by atoms with Gasteiger partial charge in [-0.15, -0.1) is 0 Å². The van der Waals surface area contributed by atoms with Crippen LogP contribution in [-0.2, 0) is 14.3 Å². The van der Waals surface area contributed by atoms with Crippen LogP contribution in [-0.4, -0.2) is 53.5 Å². The van der Waals surface area contributed by atoms with Gasteiger partial charge in [0, 0.05) is 12.5 Å². The Labute approximate surface area is 211 Å². The first kappa shape index (κ1) is 29.5. The lowest BCUT2D eigenvalue weighted by atomic mass is 9.65. The molecule has 0 aromatic rings. The van der Waals surface area contributed by atoms with Crippen molar-refractivity contribution in [3.63, 3.8) is 0 Å². The molecule has 0 bridgehead atoms. The van der Waals surface area contributed by atoms with Gasteiger partial charge in [0.15, 0.2) is 0 Å². The largest absolute Gasteiger partial charge is 0.461 e. The van der Waals surface area contributed by atoms with E-state index in [-0.39, 0.29) is 48.6 Å². The van der Waals surface area contributed by atoms with Crippen LogP contribution in [0.1, 0.15) is 79.6 Å². The molecule has 0 aromatic heterocycles. The molecule has 0 spiro atoms. The van der Waals surface area contributed by atoms with E-state index in [0.717, 1.165) is 19.3 Å². The highest BCUT2D eigenvalue weighted by Crippen LogP contribution is 2.45. The molecule has 0 heterocycles. The van der Waals surface area contributed by atoms with Crippen molar-refractivity contribution in [2.75, 3.05) is 13.1 Å². The van der Waals surface area contributed by atoms with Gasteiger partial charge in [-0.1, -0.05) is 39.0 Å². The standard InChI is InChI=1S/C28H48N2O5/c1-6-28(4,5)27(34)35-24-15-18(2)14-20-9-8-19(3)23(26(20)24)11-10-21(31)16-22(32)17-25(33)30-13-7-12-29/h8-9,14,18-19,21-24,26,31-32H,6-7,10-13,15-17,29H2,1-5H3,(H,30,33)/t18-,19-,21+,22+,23-,24-,26-/m0/s1. The molecule has 0 saturated heterocycles. The maximum absolute atomic E-state index is 12.9. The number of carbonyl (C=O) groups is 2. The van der Waals surface area contributed by atoms with Crippen LogP contribution >= 0.6 is 0 Å². The highest BCUT2D eigenvalue weighted by molar-refractivity contribution is 5.76. The summed E-state index contributed by atoms with van der Waals surface area (Å²) in [6.07, 6.45) is 8.55. The van der Waals surface area contributed by atoms with Crippen LogP contribution in [0.3, 0.4) is 0 Å².